The summed E-state index contributed by atoms with van der Waals surface area (Å²) in [6, 6.07) is 7.87. The molecule has 1 aromatic carbocycles. The van der Waals surface area contributed by atoms with E-state index in [1.165, 1.54) is 0 Å². The first-order valence-corrected chi connectivity index (χ1v) is 6.64. The summed E-state index contributed by atoms with van der Waals surface area (Å²) < 4.78 is 5.20. The van der Waals surface area contributed by atoms with Gasteiger partial charge in [-0.2, -0.15) is 0 Å². The van der Waals surface area contributed by atoms with Crippen molar-refractivity contribution < 1.29 is 9.53 Å². The first kappa shape index (κ1) is 15.5. The fraction of sp³-hybridized carbons (Fsp3) is 0.533. The molecular formula is C15H24N2O2. The van der Waals surface area contributed by atoms with Crippen LogP contribution in [0.25, 0.3) is 0 Å². The zero-order valence-electron chi connectivity index (χ0n) is 12.4. The quantitative estimate of drug-likeness (QED) is 0.828. The van der Waals surface area contributed by atoms with Gasteiger partial charge in [0.2, 0.25) is 5.91 Å². The molecule has 0 fully saturated rings. The third-order valence-corrected chi connectivity index (χ3v) is 2.92. The first-order chi connectivity index (χ1) is 8.93. The molecule has 0 spiro atoms. The Hall–Kier alpha value is -1.55. The van der Waals surface area contributed by atoms with Gasteiger partial charge in [-0.1, -0.05) is 12.1 Å². The summed E-state index contributed by atoms with van der Waals surface area (Å²) in [5.74, 6) is 0.843. The predicted octanol–water partition coefficient (Wildman–Crippen LogP) is 2.26. The molecule has 0 saturated heterocycles. The van der Waals surface area contributed by atoms with Crippen molar-refractivity contribution >= 4 is 5.91 Å². The Morgan fingerprint density at radius 3 is 2.47 bits per heavy atom. The van der Waals surface area contributed by atoms with E-state index in [4.69, 9.17) is 4.74 Å². The molecule has 1 aromatic rings. The Labute approximate surface area is 115 Å². The highest BCUT2D eigenvalue weighted by Crippen LogP contribution is 2.19. The lowest BCUT2D eigenvalue weighted by molar-refractivity contribution is -0.123. The topological polar surface area (TPSA) is 50.4 Å². The van der Waals surface area contributed by atoms with Crippen LogP contribution in [-0.4, -0.2) is 25.1 Å². The van der Waals surface area contributed by atoms with Gasteiger partial charge in [0, 0.05) is 12.1 Å². The zero-order valence-corrected chi connectivity index (χ0v) is 12.4. The molecule has 2 unspecified atom stereocenters. The van der Waals surface area contributed by atoms with Crippen LogP contribution >= 0.6 is 0 Å². The lowest BCUT2D eigenvalue weighted by atomic mass is 10.1. The van der Waals surface area contributed by atoms with Gasteiger partial charge < -0.3 is 10.1 Å². The van der Waals surface area contributed by atoms with E-state index in [1.54, 1.807) is 7.11 Å². The van der Waals surface area contributed by atoms with E-state index in [0.29, 0.717) is 0 Å². The van der Waals surface area contributed by atoms with E-state index >= 15 is 0 Å². The second-order valence-electron chi connectivity index (χ2n) is 5.05. The minimum atomic E-state index is -0.233. The lowest BCUT2D eigenvalue weighted by Crippen LogP contribution is -2.45. The molecule has 0 aliphatic carbocycles. The number of nitrogens with one attached hydrogen (secondary N) is 2. The van der Waals surface area contributed by atoms with E-state index in [9.17, 15) is 4.79 Å². The summed E-state index contributed by atoms with van der Waals surface area (Å²) in [4.78, 5) is 11.8. The van der Waals surface area contributed by atoms with Crippen LogP contribution in [-0.2, 0) is 4.79 Å². The third kappa shape index (κ3) is 4.91. The number of methoxy groups -OCH3 is 1. The first-order valence-electron chi connectivity index (χ1n) is 6.64. The molecule has 0 saturated carbocycles. The summed E-state index contributed by atoms with van der Waals surface area (Å²) in [5.41, 5.74) is 1.10. The van der Waals surface area contributed by atoms with Gasteiger partial charge in [0.1, 0.15) is 5.75 Å². The molecule has 19 heavy (non-hydrogen) atoms. The lowest BCUT2D eigenvalue weighted by Gasteiger charge is -2.21. The molecule has 4 heteroatoms. The Bertz CT molecular complexity index is 418. The summed E-state index contributed by atoms with van der Waals surface area (Å²) in [6.45, 7) is 7.81. The number of hydrogen-bond donors (Lipinski definition) is 2. The molecule has 1 amide bonds. The minimum Gasteiger partial charge on any atom is -0.497 e. The van der Waals surface area contributed by atoms with Crippen molar-refractivity contribution in [2.24, 2.45) is 0 Å². The Morgan fingerprint density at radius 2 is 1.89 bits per heavy atom. The fourth-order valence-electron chi connectivity index (χ4n) is 1.87. The number of ether oxygens (including phenoxy) is 1. The molecule has 0 aliphatic rings. The molecule has 0 aliphatic heterocycles. The third-order valence-electron chi connectivity index (χ3n) is 2.92. The molecule has 106 valence electrons. The maximum atomic E-state index is 11.8. The normalized spacial score (nSPS) is 14.0. The van der Waals surface area contributed by atoms with Crippen LogP contribution in [0.5, 0.6) is 5.75 Å². The van der Waals surface area contributed by atoms with Gasteiger partial charge in [0.25, 0.3) is 0 Å². The molecule has 4 nitrogen and oxygen atoms in total. The van der Waals surface area contributed by atoms with Crippen LogP contribution in [0.1, 0.15) is 39.3 Å². The van der Waals surface area contributed by atoms with E-state index in [1.807, 2.05) is 52.0 Å². The van der Waals surface area contributed by atoms with Crippen LogP contribution in [0.3, 0.4) is 0 Å². The van der Waals surface area contributed by atoms with Gasteiger partial charge in [-0.05, 0) is 45.4 Å². The van der Waals surface area contributed by atoms with Gasteiger partial charge >= 0.3 is 0 Å². The van der Waals surface area contributed by atoms with Gasteiger partial charge in [-0.15, -0.1) is 0 Å². The molecule has 0 heterocycles. The van der Waals surface area contributed by atoms with Gasteiger partial charge in [0.15, 0.2) is 0 Å². The summed E-state index contributed by atoms with van der Waals surface area (Å²) in [5, 5.41) is 6.18. The summed E-state index contributed by atoms with van der Waals surface area (Å²) in [7, 11) is 1.65. The van der Waals surface area contributed by atoms with Crippen LogP contribution < -0.4 is 15.4 Å². The molecule has 0 radical (unpaired) electrons. The van der Waals surface area contributed by atoms with E-state index < -0.39 is 0 Å². The zero-order chi connectivity index (χ0) is 14.4. The van der Waals surface area contributed by atoms with E-state index in [0.717, 1.165) is 11.3 Å². The number of benzene rings is 1. The number of hydrogen-bond acceptors (Lipinski definition) is 3. The average Bonchev–Trinajstić information content (AvgIpc) is 2.37. The standard InChI is InChI=1S/C15H24N2O2/c1-10(2)16-15(18)12(4)17-11(3)13-7-6-8-14(9-13)19-5/h6-12,17H,1-5H3,(H,16,18). The largest absolute Gasteiger partial charge is 0.497 e. The highest BCUT2D eigenvalue weighted by Gasteiger charge is 2.16. The second kappa shape index (κ2) is 7.14. The van der Waals surface area contributed by atoms with Gasteiger partial charge in [-0.25, -0.2) is 0 Å². The van der Waals surface area contributed by atoms with Crippen LogP contribution in [0.2, 0.25) is 0 Å². The van der Waals surface area contributed by atoms with Crippen molar-refractivity contribution in [2.75, 3.05) is 7.11 Å². The number of carbonyl (C=O) groups is 1. The predicted molar refractivity (Wildman–Crippen MR) is 77.3 cm³/mol. The van der Waals surface area contributed by atoms with E-state index in [2.05, 4.69) is 10.6 Å². The van der Waals surface area contributed by atoms with Crippen molar-refractivity contribution in [3.8, 4) is 5.75 Å². The average molecular weight is 264 g/mol. The fourth-order valence-corrected chi connectivity index (χ4v) is 1.87. The number of rotatable bonds is 6. The Morgan fingerprint density at radius 1 is 1.21 bits per heavy atom. The van der Waals surface area contributed by atoms with Crippen molar-refractivity contribution in [1.29, 1.82) is 0 Å². The molecule has 0 bridgehead atoms. The van der Waals surface area contributed by atoms with Crippen molar-refractivity contribution in [3.63, 3.8) is 0 Å². The molecule has 2 atom stereocenters. The SMILES string of the molecule is COc1cccc(C(C)NC(C)C(=O)NC(C)C)c1. The van der Waals surface area contributed by atoms with Gasteiger partial charge in [0.05, 0.1) is 13.2 Å². The van der Waals surface area contributed by atoms with Crippen LogP contribution in [0.15, 0.2) is 24.3 Å². The van der Waals surface area contributed by atoms with Crippen LogP contribution in [0.4, 0.5) is 0 Å². The Kier molecular flexibility index (Phi) is 5.83. The second-order valence-corrected chi connectivity index (χ2v) is 5.05. The van der Waals surface area contributed by atoms with Crippen molar-refractivity contribution in [1.82, 2.24) is 10.6 Å². The number of carbonyl (C=O) groups excluding carboxylic acids is 1. The smallest absolute Gasteiger partial charge is 0.237 e. The highest BCUT2D eigenvalue weighted by molar-refractivity contribution is 5.81. The minimum absolute atomic E-state index is 0.0183. The molecule has 2 N–H and O–H groups in total. The Balaban J connectivity index is 2.62. The maximum Gasteiger partial charge on any atom is 0.237 e. The van der Waals surface area contributed by atoms with Crippen molar-refractivity contribution in [2.45, 2.75) is 45.8 Å². The molecular weight excluding hydrogens is 240 g/mol. The molecule has 0 aromatic heterocycles. The summed E-state index contributed by atoms with van der Waals surface area (Å²) in [6.07, 6.45) is 0. The molecule has 1 rings (SSSR count). The van der Waals surface area contributed by atoms with Crippen LogP contribution in [0, 0.1) is 0 Å². The number of amides is 1. The maximum absolute atomic E-state index is 11.8. The summed E-state index contributed by atoms with van der Waals surface area (Å²) >= 11 is 0. The highest BCUT2D eigenvalue weighted by atomic mass is 16.5. The van der Waals surface area contributed by atoms with Gasteiger partial charge in [-0.3, -0.25) is 10.1 Å². The van der Waals surface area contributed by atoms with E-state index in [-0.39, 0.29) is 24.0 Å². The monoisotopic (exact) mass is 264 g/mol. The van der Waals surface area contributed by atoms with Crippen molar-refractivity contribution in [3.05, 3.63) is 29.8 Å².